The summed E-state index contributed by atoms with van der Waals surface area (Å²) >= 11 is 4.97. The molecule has 2 saturated heterocycles. The zero-order chi connectivity index (χ0) is 27.1. The smallest absolute Gasteiger partial charge is 0.351 e. The zero-order valence-electron chi connectivity index (χ0n) is 18.7. The third-order valence-corrected chi connectivity index (χ3v) is 7.29. The Labute approximate surface area is 211 Å². The van der Waals surface area contributed by atoms with Gasteiger partial charge in [0.25, 0.3) is 5.56 Å². The van der Waals surface area contributed by atoms with E-state index < -0.39 is 86.0 Å². The molecule has 0 radical (unpaired) electrons. The van der Waals surface area contributed by atoms with Gasteiger partial charge in [-0.25, -0.2) is 9.59 Å². The molecule has 0 spiro atoms. The average molecular weight is 565 g/mol. The van der Waals surface area contributed by atoms with Crippen LogP contribution in [0, 0.1) is 0 Å². The summed E-state index contributed by atoms with van der Waals surface area (Å²) in [5, 5.41) is 41.0. The third-order valence-electron chi connectivity index (χ3n) is 5.73. The van der Waals surface area contributed by atoms with Crippen LogP contribution in [0.4, 0.5) is 5.82 Å². The van der Waals surface area contributed by atoms with Gasteiger partial charge in [-0.05, 0) is 17.9 Å². The molecule has 0 aromatic carbocycles. The fourth-order valence-corrected chi connectivity index (χ4v) is 5.37. The number of ether oxygens (including phenoxy) is 2. The van der Waals surface area contributed by atoms with Crippen molar-refractivity contribution in [3.63, 3.8) is 0 Å². The van der Waals surface area contributed by atoms with Crippen LogP contribution in [0.5, 0.6) is 0 Å². The topological polar surface area (TPSA) is 254 Å². The van der Waals surface area contributed by atoms with Gasteiger partial charge in [0.15, 0.2) is 12.5 Å². The predicted molar refractivity (Wildman–Crippen MR) is 124 cm³/mol. The number of anilines is 1. The van der Waals surface area contributed by atoms with Crippen molar-refractivity contribution >= 4 is 24.3 Å². The molecule has 0 amide bonds. The Morgan fingerprint density at radius 1 is 1.05 bits per heavy atom. The molecule has 8 N–H and O–H groups in total. The third kappa shape index (κ3) is 5.74. The molecule has 19 heteroatoms. The van der Waals surface area contributed by atoms with Gasteiger partial charge < -0.3 is 45.1 Å². The summed E-state index contributed by atoms with van der Waals surface area (Å²) in [4.78, 5) is 51.5. The van der Waals surface area contributed by atoms with Crippen LogP contribution in [-0.4, -0.2) is 94.3 Å². The molecular formula is C18H24N5O12PS. The second-order valence-electron chi connectivity index (χ2n) is 8.18. The fourth-order valence-electron chi connectivity index (χ4n) is 3.92. The highest BCUT2D eigenvalue weighted by Crippen LogP contribution is 2.49. The van der Waals surface area contributed by atoms with Crippen molar-refractivity contribution in [3.8, 4) is 0 Å². The predicted octanol–water partition coefficient (Wildman–Crippen LogP) is -4.14. The van der Waals surface area contributed by atoms with Crippen LogP contribution in [0.2, 0.25) is 0 Å². The zero-order valence-corrected chi connectivity index (χ0v) is 20.4. The molecule has 0 aliphatic carbocycles. The lowest BCUT2D eigenvalue weighted by molar-refractivity contribution is -0.0582. The van der Waals surface area contributed by atoms with E-state index in [0.29, 0.717) is 0 Å². The normalized spacial score (nSPS) is 33.4. The van der Waals surface area contributed by atoms with Crippen molar-refractivity contribution < 1.29 is 43.8 Å². The van der Waals surface area contributed by atoms with E-state index in [9.17, 15) is 39.7 Å². The van der Waals surface area contributed by atoms with E-state index >= 15 is 0 Å². The lowest BCUT2D eigenvalue weighted by Gasteiger charge is -2.26. The molecule has 2 aliphatic rings. The molecule has 37 heavy (non-hydrogen) atoms. The van der Waals surface area contributed by atoms with E-state index in [0.717, 1.165) is 21.4 Å². The van der Waals surface area contributed by atoms with E-state index in [1.165, 1.54) is 12.3 Å². The highest BCUT2D eigenvalue weighted by atomic mass is 32.5. The number of nitrogens with two attached hydrogens (primary N) is 1. The number of aromatic amines is 1. The van der Waals surface area contributed by atoms with Crippen molar-refractivity contribution in [2.75, 3.05) is 18.9 Å². The van der Waals surface area contributed by atoms with E-state index in [1.54, 1.807) is 0 Å². The summed E-state index contributed by atoms with van der Waals surface area (Å²) in [5.41, 5.74) is 3.05. The molecule has 9 unspecified atom stereocenters. The first-order chi connectivity index (χ1) is 17.4. The van der Waals surface area contributed by atoms with Crippen LogP contribution in [0.1, 0.15) is 12.5 Å². The van der Waals surface area contributed by atoms with Gasteiger partial charge in [0, 0.05) is 18.5 Å². The van der Waals surface area contributed by atoms with Crippen molar-refractivity contribution in [2.24, 2.45) is 0 Å². The van der Waals surface area contributed by atoms with E-state index in [2.05, 4.69) is 4.98 Å². The maximum atomic E-state index is 12.1. The molecule has 0 bridgehead atoms. The van der Waals surface area contributed by atoms with Gasteiger partial charge >= 0.3 is 18.1 Å². The monoisotopic (exact) mass is 565 g/mol. The number of aliphatic hydroxyl groups excluding tert-OH is 4. The number of rotatable bonds is 8. The van der Waals surface area contributed by atoms with Gasteiger partial charge in [-0.1, -0.05) is 0 Å². The Hall–Kier alpha value is -2.35. The first-order valence-electron chi connectivity index (χ1n) is 10.7. The number of nitrogens with one attached hydrogen (secondary N) is 1. The standard InChI is InChI=1S/C18H24N5O12PS/c19-9-1-3-22(17(29)20-9)16-13(28)14(7(5-24)33-16)35-36(31,37)32-6-8-11(26)12(27)15(34-8)23-4-2-10(25)21-18(23)30/h1-4,7-8,11-16,24,26-28H,5-6H2,(H,31,37)(H2,19,20,29)(H,21,25,30). The Morgan fingerprint density at radius 2 is 1.70 bits per heavy atom. The van der Waals surface area contributed by atoms with Crippen molar-refractivity contribution in [1.29, 1.82) is 0 Å². The number of nitrogens with zero attached hydrogens (tertiary/aromatic N) is 3. The minimum absolute atomic E-state index is 0.0615. The molecule has 2 aromatic heterocycles. The van der Waals surface area contributed by atoms with E-state index in [4.69, 9.17) is 36.1 Å². The molecule has 204 valence electrons. The van der Waals surface area contributed by atoms with E-state index in [1.807, 2.05) is 4.98 Å². The van der Waals surface area contributed by atoms with Gasteiger partial charge in [0.2, 0.25) is 0 Å². The van der Waals surface area contributed by atoms with Crippen LogP contribution in [0.25, 0.3) is 0 Å². The van der Waals surface area contributed by atoms with Crippen molar-refractivity contribution in [1.82, 2.24) is 19.1 Å². The van der Waals surface area contributed by atoms with Crippen LogP contribution < -0.4 is 22.7 Å². The SMILES string of the molecule is Nc1ccn(C2OC(CO)C(OP(O)(=S)OCC3OC(n4ccc(=O)[nH]c4=O)C(O)C3O)C2O)c(=O)n1. The van der Waals surface area contributed by atoms with E-state index in [-0.39, 0.29) is 5.82 Å². The van der Waals surface area contributed by atoms with Crippen molar-refractivity contribution in [3.05, 3.63) is 55.8 Å². The van der Waals surface area contributed by atoms with Gasteiger partial charge in [-0.2, -0.15) is 4.98 Å². The van der Waals surface area contributed by atoms with Gasteiger partial charge in [-0.3, -0.25) is 23.4 Å². The summed E-state index contributed by atoms with van der Waals surface area (Å²) in [5.74, 6) is -0.0615. The number of hydrogen-bond acceptors (Lipinski definition) is 14. The first kappa shape index (κ1) is 27.7. The highest BCUT2D eigenvalue weighted by molar-refractivity contribution is 8.07. The second-order valence-corrected chi connectivity index (χ2v) is 11.0. The molecular weight excluding hydrogens is 541 g/mol. The molecule has 2 aromatic rings. The summed E-state index contributed by atoms with van der Waals surface area (Å²) in [6, 6.07) is 2.30. The van der Waals surface area contributed by atoms with Crippen LogP contribution >= 0.6 is 6.72 Å². The quantitative estimate of drug-likeness (QED) is 0.150. The molecule has 4 heterocycles. The maximum Gasteiger partial charge on any atom is 0.351 e. The summed E-state index contributed by atoms with van der Waals surface area (Å²) < 4.78 is 23.3. The number of H-pyrrole nitrogens is 1. The highest BCUT2D eigenvalue weighted by Gasteiger charge is 2.49. The number of nitrogen functional groups attached to an aromatic ring is 1. The summed E-state index contributed by atoms with van der Waals surface area (Å²) in [6.45, 7) is -5.50. The fraction of sp³-hybridized carbons (Fsp3) is 0.556. The van der Waals surface area contributed by atoms with Gasteiger partial charge in [0.05, 0.1) is 13.2 Å². The second kappa shape index (κ2) is 10.8. The van der Waals surface area contributed by atoms with Crippen LogP contribution in [0.3, 0.4) is 0 Å². The Bertz CT molecular complexity index is 1350. The Kier molecular flexibility index (Phi) is 8.07. The number of aromatic nitrogens is 4. The largest absolute Gasteiger partial charge is 0.394 e. The van der Waals surface area contributed by atoms with Gasteiger partial charge in [0.1, 0.15) is 42.4 Å². The first-order valence-corrected chi connectivity index (χ1v) is 13.3. The van der Waals surface area contributed by atoms with Crippen molar-refractivity contribution in [2.45, 2.75) is 49.1 Å². The number of aliphatic hydroxyl groups is 4. The molecule has 0 saturated carbocycles. The number of hydrogen-bond donors (Lipinski definition) is 7. The lowest BCUT2D eigenvalue weighted by atomic mass is 10.1. The molecule has 17 nitrogen and oxygen atoms in total. The average Bonchev–Trinajstić information content (AvgIpc) is 3.28. The van der Waals surface area contributed by atoms with Crippen LogP contribution in [-0.2, 0) is 30.3 Å². The maximum absolute atomic E-state index is 12.1. The minimum Gasteiger partial charge on any atom is -0.394 e. The van der Waals surface area contributed by atoms with Crippen LogP contribution in [0.15, 0.2) is 38.9 Å². The summed E-state index contributed by atoms with van der Waals surface area (Å²) in [7, 11) is 0. The Morgan fingerprint density at radius 3 is 2.35 bits per heavy atom. The lowest BCUT2D eigenvalue weighted by Crippen LogP contribution is -2.38. The summed E-state index contributed by atoms with van der Waals surface area (Å²) in [6.07, 6.45) is -9.21. The molecule has 9 atom stereocenters. The minimum atomic E-state index is -4.20. The van der Waals surface area contributed by atoms with Gasteiger partial charge in [-0.15, -0.1) is 0 Å². The molecule has 2 fully saturated rings. The Balaban J connectivity index is 1.43. The molecule has 2 aliphatic heterocycles. The molecule has 4 rings (SSSR count).